The van der Waals surface area contributed by atoms with Gasteiger partial charge in [0.25, 0.3) is 0 Å². The lowest BCUT2D eigenvalue weighted by Crippen LogP contribution is -2.49. The molecule has 0 aliphatic carbocycles. The molecular weight excluding hydrogens is 425 g/mol. The molecule has 9 heteroatoms. The number of benzene rings is 2. The highest BCUT2D eigenvalue weighted by atomic mass is 19.1. The summed E-state index contributed by atoms with van der Waals surface area (Å²) in [5.74, 6) is -0.679. The first kappa shape index (κ1) is 21.3. The number of hydrogen-bond donors (Lipinski definition) is 0. The number of halogens is 1. The summed E-state index contributed by atoms with van der Waals surface area (Å²) < 4.78 is 21.3. The molecule has 0 saturated carbocycles. The molecule has 33 heavy (non-hydrogen) atoms. The Bertz CT molecular complexity index is 1160. The quantitative estimate of drug-likeness (QED) is 0.536. The number of nitrogens with zero attached hydrogens (tertiary/aromatic N) is 5. The predicted molar refractivity (Wildman–Crippen MR) is 117 cm³/mol. The van der Waals surface area contributed by atoms with Gasteiger partial charge in [0.05, 0.1) is 17.7 Å². The number of aromatic nitrogens is 3. The zero-order valence-corrected chi connectivity index (χ0v) is 18.1. The van der Waals surface area contributed by atoms with Crippen LogP contribution in [0.3, 0.4) is 0 Å². The molecule has 0 N–H and O–H groups in total. The van der Waals surface area contributed by atoms with Crippen LogP contribution in [0.15, 0.2) is 49.1 Å². The number of rotatable bonds is 6. The summed E-state index contributed by atoms with van der Waals surface area (Å²) >= 11 is 0. The zero-order valence-electron chi connectivity index (χ0n) is 18.1. The Balaban J connectivity index is 1.10. The second-order valence-electron chi connectivity index (χ2n) is 8.30. The van der Waals surface area contributed by atoms with Gasteiger partial charge in [-0.15, -0.1) is 0 Å². The van der Waals surface area contributed by atoms with Crippen molar-refractivity contribution in [1.29, 1.82) is 0 Å². The van der Waals surface area contributed by atoms with Gasteiger partial charge < -0.3 is 9.64 Å². The van der Waals surface area contributed by atoms with E-state index < -0.39 is 5.97 Å². The van der Waals surface area contributed by atoms with Crippen molar-refractivity contribution in [3.63, 3.8) is 0 Å². The topological polar surface area (TPSA) is 80.6 Å². The van der Waals surface area contributed by atoms with E-state index in [1.807, 2.05) is 29.2 Å². The average Bonchev–Trinajstić information content (AvgIpc) is 3.50. The van der Waals surface area contributed by atoms with Gasteiger partial charge in [0.15, 0.2) is 0 Å². The Kier molecular flexibility index (Phi) is 5.87. The number of fused-ring (bicyclic) bond motifs is 1. The standard InChI is InChI=1S/C24H24FN5O3/c25-23-18(3-6-20-21(23)14-33-24(20)32)7-8-28-9-11-29(12-10-28)22(31)13-17-1-4-19(5-2-17)30-16-26-15-27-30/h1-6,15-16H,7-14H2. The van der Waals surface area contributed by atoms with Crippen LogP contribution < -0.4 is 0 Å². The highest BCUT2D eigenvalue weighted by Crippen LogP contribution is 2.25. The maximum absolute atomic E-state index is 14.7. The summed E-state index contributed by atoms with van der Waals surface area (Å²) in [6.45, 7) is 3.54. The molecule has 3 aromatic rings. The molecule has 170 valence electrons. The third kappa shape index (κ3) is 4.49. The van der Waals surface area contributed by atoms with E-state index in [1.54, 1.807) is 23.1 Å². The smallest absolute Gasteiger partial charge is 0.338 e. The van der Waals surface area contributed by atoms with Crippen LogP contribution >= 0.6 is 0 Å². The molecule has 3 heterocycles. The van der Waals surface area contributed by atoms with Gasteiger partial charge in [-0.2, -0.15) is 5.10 Å². The Labute approximate surface area is 190 Å². The van der Waals surface area contributed by atoms with Crippen molar-refractivity contribution in [2.75, 3.05) is 32.7 Å². The van der Waals surface area contributed by atoms with Gasteiger partial charge in [-0.1, -0.05) is 18.2 Å². The van der Waals surface area contributed by atoms with Gasteiger partial charge in [0.1, 0.15) is 25.1 Å². The lowest BCUT2D eigenvalue weighted by Gasteiger charge is -2.35. The van der Waals surface area contributed by atoms with Crippen molar-refractivity contribution in [3.05, 3.63) is 77.1 Å². The van der Waals surface area contributed by atoms with Crippen LogP contribution in [0.1, 0.15) is 27.0 Å². The molecule has 0 atom stereocenters. The third-order valence-electron chi connectivity index (χ3n) is 6.29. The number of carbonyl (C=O) groups is 2. The number of amides is 1. The van der Waals surface area contributed by atoms with Crippen molar-refractivity contribution in [3.8, 4) is 5.69 Å². The molecule has 0 unspecified atom stereocenters. The molecule has 8 nitrogen and oxygen atoms in total. The largest absolute Gasteiger partial charge is 0.457 e. The molecule has 2 aliphatic rings. The number of ether oxygens (including phenoxy) is 1. The van der Waals surface area contributed by atoms with Crippen LogP contribution in [0.25, 0.3) is 5.69 Å². The summed E-state index contributed by atoms with van der Waals surface area (Å²) in [5, 5.41) is 4.10. The monoisotopic (exact) mass is 449 g/mol. The first-order valence-corrected chi connectivity index (χ1v) is 11.0. The Hall–Kier alpha value is -3.59. The molecule has 1 amide bonds. The average molecular weight is 449 g/mol. The maximum atomic E-state index is 14.7. The van der Waals surface area contributed by atoms with Crippen LogP contribution in [0.5, 0.6) is 0 Å². The van der Waals surface area contributed by atoms with Crippen molar-refractivity contribution < 1.29 is 18.7 Å². The van der Waals surface area contributed by atoms with E-state index in [0.717, 1.165) is 24.3 Å². The molecule has 2 aliphatic heterocycles. The lowest BCUT2D eigenvalue weighted by atomic mass is 10.0. The maximum Gasteiger partial charge on any atom is 0.338 e. The highest BCUT2D eigenvalue weighted by Gasteiger charge is 2.26. The molecule has 2 aromatic carbocycles. The van der Waals surface area contributed by atoms with Crippen molar-refractivity contribution in [1.82, 2.24) is 24.6 Å². The van der Waals surface area contributed by atoms with Crippen molar-refractivity contribution in [2.45, 2.75) is 19.4 Å². The SMILES string of the molecule is O=C1OCc2c1ccc(CCN1CCN(C(=O)Cc3ccc(-n4cncn4)cc3)CC1)c2F. The fraction of sp³-hybridized carbons (Fsp3) is 0.333. The summed E-state index contributed by atoms with van der Waals surface area (Å²) in [7, 11) is 0. The van der Waals surface area contributed by atoms with Gasteiger partial charge in [-0.05, 0) is 35.7 Å². The van der Waals surface area contributed by atoms with Crippen LogP contribution in [0.4, 0.5) is 4.39 Å². The van der Waals surface area contributed by atoms with E-state index in [9.17, 15) is 14.0 Å². The zero-order chi connectivity index (χ0) is 22.8. The molecule has 1 fully saturated rings. The van der Waals surface area contributed by atoms with E-state index in [4.69, 9.17) is 4.74 Å². The normalized spacial score (nSPS) is 16.0. The first-order chi connectivity index (χ1) is 16.1. The summed E-state index contributed by atoms with van der Waals surface area (Å²) in [5.41, 5.74) is 3.15. The fourth-order valence-electron chi connectivity index (χ4n) is 4.30. The van der Waals surface area contributed by atoms with Gasteiger partial charge >= 0.3 is 5.97 Å². The Morgan fingerprint density at radius 2 is 1.85 bits per heavy atom. The van der Waals surface area contributed by atoms with Gasteiger partial charge in [-0.25, -0.2) is 18.9 Å². The minimum Gasteiger partial charge on any atom is -0.457 e. The van der Waals surface area contributed by atoms with E-state index in [2.05, 4.69) is 15.0 Å². The van der Waals surface area contributed by atoms with Crippen LogP contribution in [0, 0.1) is 5.82 Å². The second-order valence-corrected chi connectivity index (χ2v) is 8.30. The van der Waals surface area contributed by atoms with E-state index in [1.165, 1.54) is 6.33 Å². The number of carbonyl (C=O) groups excluding carboxylic acids is 2. The third-order valence-corrected chi connectivity index (χ3v) is 6.29. The molecule has 0 spiro atoms. The van der Waals surface area contributed by atoms with E-state index >= 15 is 0 Å². The van der Waals surface area contributed by atoms with Gasteiger partial charge in [0.2, 0.25) is 5.91 Å². The van der Waals surface area contributed by atoms with Gasteiger partial charge in [-0.3, -0.25) is 9.69 Å². The molecular formula is C24H24FN5O3. The van der Waals surface area contributed by atoms with Crippen LogP contribution in [-0.4, -0.2) is 69.2 Å². The number of esters is 1. The number of cyclic esters (lactones) is 1. The first-order valence-electron chi connectivity index (χ1n) is 11.0. The van der Waals surface area contributed by atoms with Crippen LogP contribution in [-0.2, 0) is 29.0 Å². The number of hydrogen-bond acceptors (Lipinski definition) is 6. The van der Waals surface area contributed by atoms with E-state index in [-0.39, 0.29) is 18.3 Å². The minimum absolute atomic E-state index is 0.0117. The van der Waals surface area contributed by atoms with E-state index in [0.29, 0.717) is 49.2 Å². The van der Waals surface area contributed by atoms with Crippen molar-refractivity contribution in [2.24, 2.45) is 0 Å². The predicted octanol–water partition coefficient (Wildman–Crippen LogP) is 2.01. The summed E-state index contributed by atoms with van der Waals surface area (Å²) in [4.78, 5) is 32.4. The Morgan fingerprint density at radius 3 is 2.58 bits per heavy atom. The van der Waals surface area contributed by atoms with Crippen LogP contribution in [0.2, 0.25) is 0 Å². The molecule has 1 saturated heterocycles. The summed E-state index contributed by atoms with van der Waals surface area (Å²) in [6.07, 6.45) is 4.03. The number of piperazine rings is 1. The fourth-order valence-corrected chi connectivity index (χ4v) is 4.30. The van der Waals surface area contributed by atoms with Gasteiger partial charge in [0, 0.05) is 38.3 Å². The molecule has 1 aromatic heterocycles. The lowest BCUT2D eigenvalue weighted by molar-refractivity contribution is -0.132. The second kappa shape index (κ2) is 9.11. The molecule has 0 bridgehead atoms. The summed E-state index contributed by atoms with van der Waals surface area (Å²) in [6, 6.07) is 11.1. The molecule has 0 radical (unpaired) electrons. The minimum atomic E-state index is -0.456. The highest BCUT2D eigenvalue weighted by molar-refractivity contribution is 5.93. The van der Waals surface area contributed by atoms with Crippen molar-refractivity contribution >= 4 is 11.9 Å². The molecule has 5 rings (SSSR count). The Morgan fingerprint density at radius 1 is 1.06 bits per heavy atom.